The molecule has 0 aromatic heterocycles. The SMILES string of the molecule is CC[C@@H](C)N1C(=O)/C(=C\c2ccc(OCC(C)C)c(OC)c2)SC1=Nc1ccc(C)cc1. The lowest BCUT2D eigenvalue weighted by Crippen LogP contribution is -2.36. The number of thioether (sulfide) groups is 1. The Morgan fingerprint density at radius 3 is 2.44 bits per heavy atom. The number of rotatable bonds is 8. The van der Waals surface area contributed by atoms with Crippen molar-refractivity contribution in [1.82, 2.24) is 4.90 Å². The summed E-state index contributed by atoms with van der Waals surface area (Å²) in [6.45, 7) is 11.0. The van der Waals surface area contributed by atoms with Gasteiger partial charge in [-0.1, -0.05) is 44.5 Å². The summed E-state index contributed by atoms with van der Waals surface area (Å²) in [5.41, 5.74) is 2.90. The van der Waals surface area contributed by atoms with E-state index in [-0.39, 0.29) is 11.9 Å². The molecule has 5 nitrogen and oxygen atoms in total. The Bertz CT molecular complexity index is 1010. The lowest BCUT2D eigenvalue weighted by Gasteiger charge is -2.22. The summed E-state index contributed by atoms with van der Waals surface area (Å²) in [5, 5.41) is 0.711. The number of hydrogen-bond donors (Lipinski definition) is 0. The van der Waals surface area contributed by atoms with Gasteiger partial charge in [0.1, 0.15) is 0 Å². The van der Waals surface area contributed by atoms with Crippen LogP contribution in [0.25, 0.3) is 6.08 Å². The van der Waals surface area contributed by atoms with E-state index >= 15 is 0 Å². The average Bonchev–Trinajstić information content (AvgIpc) is 3.08. The fourth-order valence-corrected chi connectivity index (χ4v) is 4.26. The van der Waals surface area contributed by atoms with Gasteiger partial charge in [0.25, 0.3) is 5.91 Å². The van der Waals surface area contributed by atoms with Gasteiger partial charge in [-0.3, -0.25) is 9.69 Å². The first-order valence-electron chi connectivity index (χ1n) is 11.0. The number of aliphatic imine (C=N–C) groups is 1. The topological polar surface area (TPSA) is 51.1 Å². The quantitative estimate of drug-likeness (QED) is 0.432. The van der Waals surface area contributed by atoms with Gasteiger partial charge in [-0.15, -0.1) is 0 Å². The standard InChI is InChI=1S/C26H32N2O3S/c1-7-19(5)28-25(29)24(32-26(28)27-21-11-8-18(4)9-12-21)15-20-10-13-22(23(14-20)30-6)31-16-17(2)3/h8-15,17,19H,7,16H2,1-6H3/b24-15+,27-26?/t19-/m1/s1. The molecule has 2 aromatic carbocycles. The smallest absolute Gasteiger partial charge is 0.266 e. The Morgan fingerprint density at radius 1 is 1.09 bits per heavy atom. The number of ether oxygens (including phenoxy) is 2. The molecule has 1 aliphatic rings. The Morgan fingerprint density at radius 2 is 1.81 bits per heavy atom. The summed E-state index contributed by atoms with van der Waals surface area (Å²) in [6, 6.07) is 13.8. The first kappa shape index (κ1) is 23.9. The van der Waals surface area contributed by atoms with Crippen LogP contribution in [-0.4, -0.2) is 35.7 Å². The van der Waals surface area contributed by atoms with E-state index in [0.29, 0.717) is 34.1 Å². The van der Waals surface area contributed by atoms with Crippen molar-refractivity contribution in [3.8, 4) is 11.5 Å². The second kappa shape index (κ2) is 10.7. The lowest BCUT2D eigenvalue weighted by atomic mass is 10.1. The summed E-state index contributed by atoms with van der Waals surface area (Å²) >= 11 is 1.41. The molecule has 0 unspecified atom stereocenters. The van der Waals surface area contributed by atoms with Crippen molar-refractivity contribution in [3.63, 3.8) is 0 Å². The van der Waals surface area contributed by atoms with Crippen molar-refractivity contribution < 1.29 is 14.3 Å². The number of amidine groups is 1. The van der Waals surface area contributed by atoms with Crippen molar-refractivity contribution >= 4 is 34.6 Å². The third kappa shape index (κ3) is 5.74. The summed E-state index contributed by atoms with van der Waals surface area (Å²) in [4.78, 5) is 20.5. The van der Waals surface area contributed by atoms with E-state index in [1.54, 1.807) is 12.0 Å². The molecule has 3 rings (SSSR count). The first-order valence-corrected chi connectivity index (χ1v) is 11.8. The molecule has 6 heteroatoms. The highest BCUT2D eigenvalue weighted by molar-refractivity contribution is 8.18. The minimum atomic E-state index is -0.0192. The minimum Gasteiger partial charge on any atom is -0.493 e. The van der Waals surface area contributed by atoms with Crippen molar-refractivity contribution in [2.24, 2.45) is 10.9 Å². The summed E-state index contributed by atoms with van der Waals surface area (Å²) < 4.78 is 11.4. The van der Waals surface area contributed by atoms with Crippen molar-refractivity contribution in [2.45, 2.75) is 47.1 Å². The Labute approximate surface area is 195 Å². The zero-order valence-electron chi connectivity index (χ0n) is 19.7. The molecule has 1 heterocycles. The molecule has 1 amide bonds. The number of hydrogen-bond acceptors (Lipinski definition) is 5. The van der Waals surface area contributed by atoms with Crippen molar-refractivity contribution in [2.75, 3.05) is 13.7 Å². The number of carbonyl (C=O) groups excluding carboxylic acids is 1. The number of carbonyl (C=O) groups is 1. The molecule has 1 aliphatic heterocycles. The predicted molar refractivity (Wildman–Crippen MR) is 134 cm³/mol. The zero-order valence-corrected chi connectivity index (χ0v) is 20.5. The van der Waals surface area contributed by atoms with Gasteiger partial charge in [0.2, 0.25) is 0 Å². The maximum atomic E-state index is 13.3. The van der Waals surface area contributed by atoms with Crippen LogP contribution in [0.5, 0.6) is 11.5 Å². The maximum absolute atomic E-state index is 13.3. The summed E-state index contributed by atoms with van der Waals surface area (Å²) in [6.07, 6.45) is 2.75. The number of amides is 1. The van der Waals surface area contributed by atoms with Crippen LogP contribution in [0.3, 0.4) is 0 Å². The fourth-order valence-electron chi connectivity index (χ4n) is 3.17. The molecule has 170 valence electrons. The normalized spacial score (nSPS) is 17.5. The Kier molecular flexibility index (Phi) is 8.02. The molecule has 0 spiro atoms. The predicted octanol–water partition coefficient (Wildman–Crippen LogP) is 6.44. The van der Waals surface area contributed by atoms with Gasteiger partial charge in [-0.05, 0) is 73.9 Å². The molecule has 1 fully saturated rings. The van der Waals surface area contributed by atoms with Crippen LogP contribution in [0.1, 0.15) is 45.2 Å². The van der Waals surface area contributed by atoms with E-state index in [4.69, 9.17) is 14.5 Å². The van der Waals surface area contributed by atoms with Crippen LogP contribution < -0.4 is 9.47 Å². The highest BCUT2D eigenvalue weighted by atomic mass is 32.2. The van der Waals surface area contributed by atoms with Crippen molar-refractivity contribution in [3.05, 3.63) is 58.5 Å². The van der Waals surface area contributed by atoms with Crippen LogP contribution in [0.15, 0.2) is 52.4 Å². The van der Waals surface area contributed by atoms with E-state index in [0.717, 1.165) is 17.7 Å². The van der Waals surface area contributed by atoms with Gasteiger partial charge in [0.05, 0.1) is 24.3 Å². The van der Waals surface area contributed by atoms with Gasteiger partial charge in [-0.2, -0.15) is 0 Å². The maximum Gasteiger partial charge on any atom is 0.266 e. The molecule has 1 atom stereocenters. The van der Waals surface area contributed by atoms with Crippen LogP contribution >= 0.6 is 11.8 Å². The molecule has 32 heavy (non-hydrogen) atoms. The lowest BCUT2D eigenvalue weighted by molar-refractivity contribution is -0.123. The third-order valence-electron chi connectivity index (χ3n) is 5.18. The molecule has 0 aliphatic carbocycles. The summed E-state index contributed by atoms with van der Waals surface area (Å²) in [7, 11) is 1.63. The molecule has 0 radical (unpaired) electrons. The van der Waals surface area contributed by atoms with Crippen LogP contribution in [-0.2, 0) is 4.79 Å². The van der Waals surface area contributed by atoms with E-state index in [2.05, 4.69) is 27.7 Å². The van der Waals surface area contributed by atoms with Crippen LogP contribution in [0, 0.1) is 12.8 Å². The molecule has 1 saturated heterocycles. The van der Waals surface area contributed by atoms with E-state index < -0.39 is 0 Å². The van der Waals surface area contributed by atoms with Gasteiger partial charge in [0.15, 0.2) is 16.7 Å². The molecule has 0 saturated carbocycles. The number of benzene rings is 2. The zero-order chi connectivity index (χ0) is 23.3. The van der Waals surface area contributed by atoms with Gasteiger partial charge in [0, 0.05) is 6.04 Å². The largest absolute Gasteiger partial charge is 0.493 e. The van der Waals surface area contributed by atoms with E-state index in [1.807, 2.05) is 55.5 Å². The highest BCUT2D eigenvalue weighted by Gasteiger charge is 2.36. The second-order valence-electron chi connectivity index (χ2n) is 8.39. The number of nitrogens with zero attached hydrogens (tertiary/aromatic N) is 2. The Hall–Kier alpha value is -2.73. The average molecular weight is 453 g/mol. The first-order chi connectivity index (χ1) is 15.3. The van der Waals surface area contributed by atoms with Crippen molar-refractivity contribution in [1.29, 1.82) is 0 Å². The van der Waals surface area contributed by atoms with Gasteiger partial charge >= 0.3 is 0 Å². The fraction of sp³-hybridized carbons (Fsp3) is 0.385. The Balaban J connectivity index is 1.91. The minimum absolute atomic E-state index is 0.0192. The highest BCUT2D eigenvalue weighted by Crippen LogP contribution is 2.37. The third-order valence-corrected chi connectivity index (χ3v) is 6.17. The second-order valence-corrected chi connectivity index (χ2v) is 9.40. The molecule has 2 aromatic rings. The van der Waals surface area contributed by atoms with E-state index in [1.165, 1.54) is 17.3 Å². The molecule has 0 bridgehead atoms. The molecular weight excluding hydrogens is 420 g/mol. The monoisotopic (exact) mass is 452 g/mol. The van der Waals surface area contributed by atoms with Gasteiger partial charge in [-0.25, -0.2) is 4.99 Å². The van der Waals surface area contributed by atoms with Gasteiger partial charge < -0.3 is 9.47 Å². The van der Waals surface area contributed by atoms with E-state index in [9.17, 15) is 4.79 Å². The number of aryl methyl sites for hydroxylation is 1. The summed E-state index contributed by atoms with van der Waals surface area (Å²) in [5.74, 6) is 1.76. The van der Waals surface area contributed by atoms with Crippen LogP contribution in [0.4, 0.5) is 5.69 Å². The van der Waals surface area contributed by atoms with Crippen LogP contribution in [0.2, 0.25) is 0 Å². The number of methoxy groups -OCH3 is 1. The molecule has 0 N–H and O–H groups in total. The molecular formula is C26H32N2O3S.